The van der Waals surface area contributed by atoms with Crippen LogP contribution in [0.15, 0.2) is 18.2 Å². The van der Waals surface area contributed by atoms with Crippen molar-refractivity contribution < 1.29 is 27.8 Å². The van der Waals surface area contributed by atoms with Gasteiger partial charge in [-0.15, -0.1) is 0 Å². The Bertz CT molecular complexity index is 584. The number of carboxylic acids is 1. The van der Waals surface area contributed by atoms with Crippen LogP contribution in [-0.4, -0.2) is 51.9 Å². The molecule has 7 nitrogen and oxygen atoms in total. The highest BCUT2D eigenvalue weighted by molar-refractivity contribution is 7.90. The highest BCUT2D eigenvalue weighted by atomic mass is 32.2. The molecule has 0 radical (unpaired) electrons. The number of hydrogen-bond donors (Lipinski definition) is 2. The van der Waals surface area contributed by atoms with Crippen molar-refractivity contribution in [2.45, 2.75) is 6.61 Å². The predicted molar refractivity (Wildman–Crippen MR) is 78.3 cm³/mol. The second kappa shape index (κ2) is 7.96. The Morgan fingerprint density at radius 3 is 2.57 bits per heavy atom. The van der Waals surface area contributed by atoms with Gasteiger partial charge in [-0.25, -0.2) is 13.2 Å². The minimum absolute atomic E-state index is 0.0684. The highest BCUT2D eigenvalue weighted by Gasteiger charge is 2.09. The van der Waals surface area contributed by atoms with Crippen LogP contribution in [0.1, 0.15) is 15.9 Å². The van der Waals surface area contributed by atoms with E-state index in [2.05, 4.69) is 5.32 Å². The highest BCUT2D eigenvalue weighted by Crippen LogP contribution is 2.16. The molecule has 1 rings (SSSR count). The van der Waals surface area contributed by atoms with Crippen molar-refractivity contribution in [2.75, 3.05) is 37.8 Å². The molecule has 8 heteroatoms. The van der Waals surface area contributed by atoms with Gasteiger partial charge in [0.15, 0.2) is 9.84 Å². The molecule has 21 heavy (non-hydrogen) atoms. The summed E-state index contributed by atoms with van der Waals surface area (Å²) in [6, 6.07) is 4.53. The number of nitrogens with one attached hydrogen (secondary N) is 1. The molecule has 0 unspecified atom stereocenters. The summed E-state index contributed by atoms with van der Waals surface area (Å²) >= 11 is 0. The van der Waals surface area contributed by atoms with Crippen molar-refractivity contribution in [2.24, 2.45) is 0 Å². The molecular weight excluding hydrogens is 298 g/mol. The molecular formula is C13H19NO6S. The zero-order valence-electron chi connectivity index (χ0n) is 12.0. The standard InChI is InChI=1S/C13H19NO6S/c1-19-3-4-20-8-10-5-11(13(15)16)7-12(6-10)14-9-21(2,17)18/h5-7,14H,3-4,8-9H2,1-2H3,(H,15,16). The van der Waals surface area contributed by atoms with Gasteiger partial charge >= 0.3 is 5.97 Å². The SMILES string of the molecule is COCCOCc1cc(NCS(C)(=O)=O)cc(C(=O)O)c1. The molecule has 0 bridgehead atoms. The van der Waals surface area contributed by atoms with Crippen molar-refractivity contribution in [3.63, 3.8) is 0 Å². The smallest absolute Gasteiger partial charge is 0.335 e. The summed E-state index contributed by atoms with van der Waals surface area (Å²) < 4.78 is 32.4. The first-order valence-electron chi connectivity index (χ1n) is 6.17. The fraction of sp³-hybridized carbons (Fsp3) is 0.462. The van der Waals surface area contributed by atoms with E-state index >= 15 is 0 Å². The van der Waals surface area contributed by atoms with E-state index in [1.807, 2.05) is 0 Å². The number of methoxy groups -OCH3 is 1. The lowest BCUT2D eigenvalue weighted by molar-refractivity contribution is 0.0614. The van der Waals surface area contributed by atoms with Crippen molar-refractivity contribution >= 4 is 21.5 Å². The van der Waals surface area contributed by atoms with E-state index in [4.69, 9.17) is 14.6 Å². The first-order valence-corrected chi connectivity index (χ1v) is 8.23. The van der Waals surface area contributed by atoms with Crippen molar-refractivity contribution in [3.8, 4) is 0 Å². The third-order valence-electron chi connectivity index (χ3n) is 2.48. The summed E-state index contributed by atoms with van der Waals surface area (Å²) in [6.07, 6.45) is 1.09. The Balaban J connectivity index is 2.82. The summed E-state index contributed by atoms with van der Waals surface area (Å²) in [7, 11) is -1.64. The Morgan fingerprint density at radius 2 is 2.00 bits per heavy atom. The van der Waals surface area contributed by atoms with Gasteiger partial charge in [0.1, 0.15) is 5.88 Å². The van der Waals surface area contributed by atoms with Crippen LogP contribution in [0.3, 0.4) is 0 Å². The van der Waals surface area contributed by atoms with E-state index in [0.717, 1.165) is 6.26 Å². The second-order valence-corrected chi connectivity index (χ2v) is 6.66. The van der Waals surface area contributed by atoms with E-state index in [1.165, 1.54) is 12.1 Å². The van der Waals surface area contributed by atoms with Gasteiger partial charge < -0.3 is 19.9 Å². The lowest BCUT2D eigenvalue weighted by Gasteiger charge is -2.10. The number of benzene rings is 1. The summed E-state index contributed by atoms with van der Waals surface area (Å²) in [5.41, 5.74) is 1.13. The van der Waals surface area contributed by atoms with E-state index in [9.17, 15) is 13.2 Å². The minimum atomic E-state index is -3.20. The van der Waals surface area contributed by atoms with E-state index in [0.29, 0.717) is 24.5 Å². The molecule has 0 aliphatic heterocycles. The Kier molecular flexibility index (Phi) is 6.60. The molecule has 2 N–H and O–H groups in total. The number of anilines is 1. The van der Waals surface area contributed by atoms with Crippen LogP contribution in [0, 0.1) is 0 Å². The van der Waals surface area contributed by atoms with Gasteiger partial charge in [0.25, 0.3) is 0 Å². The topological polar surface area (TPSA) is 102 Å². The maximum Gasteiger partial charge on any atom is 0.335 e. The Hall–Kier alpha value is -1.64. The first-order chi connectivity index (χ1) is 9.81. The third kappa shape index (κ3) is 7.07. The average Bonchev–Trinajstić information content (AvgIpc) is 2.40. The lowest BCUT2D eigenvalue weighted by atomic mass is 10.1. The molecule has 0 saturated heterocycles. The molecule has 0 aliphatic rings. The van der Waals surface area contributed by atoms with Crippen LogP contribution >= 0.6 is 0 Å². The molecule has 0 saturated carbocycles. The van der Waals surface area contributed by atoms with Crippen LogP contribution in [0.25, 0.3) is 0 Å². The third-order valence-corrected chi connectivity index (χ3v) is 3.15. The molecule has 0 atom stereocenters. The number of ether oxygens (including phenoxy) is 2. The molecule has 0 fully saturated rings. The number of carbonyl (C=O) groups is 1. The molecule has 0 heterocycles. The largest absolute Gasteiger partial charge is 0.478 e. The van der Waals surface area contributed by atoms with Gasteiger partial charge in [-0.2, -0.15) is 0 Å². The molecule has 0 aromatic heterocycles. The fourth-order valence-electron chi connectivity index (χ4n) is 1.55. The van der Waals surface area contributed by atoms with Crippen molar-refractivity contribution in [3.05, 3.63) is 29.3 Å². The molecule has 0 spiro atoms. The average molecular weight is 317 g/mol. The van der Waals surface area contributed by atoms with Gasteiger partial charge in [0.05, 0.1) is 25.4 Å². The number of sulfone groups is 1. The van der Waals surface area contributed by atoms with Crippen LogP contribution in [0.2, 0.25) is 0 Å². The van der Waals surface area contributed by atoms with Crippen molar-refractivity contribution in [1.29, 1.82) is 0 Å². The van der Waals surface area contributed by atoms with E-state index in [1.54, 1.807) is 13.2 Å². The Morgan fingerprint density at radius 1 is 1.29 bits per heavy atom. The monoisotopic (exact) mass is 317 g/mol. The summed E-state index contributed by atoms with van der Waals surface area (Å²) in [5.74, 6) is -1.35. The normalized spacial score (nSPS) is 11.3. The molecule has 118 valence electrons. The lowest BCUT2D eigenvalue weighted by Crippen LogP contribution is -2.13. The predicted octanol–water partition coefficient (Wildman–Crippen LogP) is 0.962. The summed E-state index contributed by atoms with van der Waals surface area (Å²) in [4.78, 5) is 11.1. The molecule has 0 amide bonds. The second-order valence-electron chi connectivity index (χ2n) is 4.52. The number of rotatable bonds is 9. The van der Waals surface area contributed by atoms with Crippen molar-refractivity contribution in [1.82, 2.24) is 0 Å². The van der Waals surface area contributed by atoms with Crippen LogP contribution in [0.4, 0.5) is 5.69 Å². The number of hydrogen-bond acceptors (Lipinski definition) is 6. The van der Waals surface area contributed by atoms with E-state index < -0.39 is 15.8 Å². The maximum atomic E-state index is 11.1. The number of carboxylic acid groups (broad SMARTS) is 1. The Labute approximate surface area is 123 Å². The molecule has 1 aromatic rings. The van der Waals surface area contributed by atoms with Gasteiger partial charge in [-0.1, -0.05) is 0 Å². The summed E-state index contributed by atoms with van der Waals surface area (Å²) in [5, 5.41) is 11.8. The molecule has 0 aliphatic carbocycles. The quantitative estimate of drug-likeness (QED) is 0.654. The first kappa shape index (κ1) is 17.4. The van der Waals surface area contributed by atoms with Gasteiger partial charge in [-0.05, 0) is 23.8 Å². The summed E-state index contributed by atoms with van der Waals surface area (Å²) in [6.45, 7) is 1.05. The van der Waals surface area contributed by atoms with Crippen LogP contribution < -0.4 is 5.32 Å². The maximum absolute atomic E-state index is 11.1. The fourth-order valence-corrected chi connectivity index (χ4v) is 1.98. The zero-order valence-corrected chi connectivity index (χ0v) is 12.8. The minimum Gasteiger partial charge on any atom is -0.478 e. The number of aromatic carboxylic acids is 1. The zero-order chi connectivity index (χ0) is 15.9. The molecule has 1 aromatic carbocycles. The van der Waals surface area contributed by atoms with Crippen LogP contribution in [-0.2, 0) is 25.9 Å². The van der Waals surface area contributed by atoms with Crippen LogP contribution in [0.5, 0.6) is 0 Å². The van der Waals surface area contributed by atoms with Gasteiger partial charge in [0, 0.05) is 19.1 Å². The van der Waals surface area contributed by atoms with Gasteiger partial charge in [0.2, 0.25) is 0 Å². The van der Waals surface area contributed by atoms with Gasteiger partial charge in [-0.3, -0.25) is 0 Å². The van der Waals surface area contributed by atoms with E-state index in [-0.39, 0.29) is 18.0 Å².